The van der Waals surface area contributed by atoms with E-state index in [-0.39, 0.29) is 6.54 Å². The van der Waals surface area contributed by atoms with Crippen LogP contribution in [0.25, 0.3) is 0 Å². The first kappa shape index (κ1) is 13.5. The molecule has 1 fully saturated rings. The molecule has 1 heterocycles. The van der Waals surface area contributed by atoms with Gasteiger partial charge in [-0.2, -0.15) is 0 Å². The highest BCUT2D eigenvalue weighted by Gasteiger charge is 2.24. The van der Waals surface area contributed by atoms with Crippen molar-refractivity contribution in [3.05, 3.63) is 0 Å². The van der Waals surface area contributed by atoms with E-state index in [0.29, 0.717) is 12.0 Å². The topological polar surface area (TPSA) is 43.8 Å². The van der Waals surface area contributed by atoms with Gasteiger partial charge < -0.3 is 5.11 Å². The van der Waals surface area contributed by atoms with Crippen LogP contribution in [0, 0.1) is 5.92 Å². The van der Waals surface area contributed by atoms with E-state index in [1.165, 1.54) is 6.42 Å². The minimum absolute atomic E-state index is 0.186. The SMILES string of the molecule is CCC(C)C(C)N1CCN(CC(=O)O)CC1. The lowest BCUT2D eigenvalue weighted by atomic mass is 9.99. The average Bonchev–Trinajstić information content (AvgIpc) is 2.27. The van der Waals surface area contributed by atoms with Gasteiger partial charge in [-0.15, -0.1) is 0 Å². The minimum Gasteiger partial charge on any atom is -0.480 e. The maximum Gasteiger partial charge on any atom is 0.317 e. The summed E-state index contributed by atoms with van der Waals surface area (Å²) in [7, 11) is 0. The molecule has 16 heavy (non-hydrogen) atoms. The molecular weight excluding hydrogens is 204 g/mol. The molecule has 4 heteroatoms. The standard InChI is InChI=1S/C12H24N2O2/c1-4-10(2)11(3)14-7-5-13(6-8-14)9-12(15)16/h10-11H,4-9H2,1-3H3,(H,15,16). The normalized spacial score (nSPS) is 22.9. The first-order chi connectivity index (χ1) is 7.54. The Morgan fingerprint density at radius 3 is 2.25 bits per heavy atom. The van der Waals surface area contributed by atoms with Gasteiger partial charge >= 0.3 is 5.97 Å². The van der Waals surface area contributed by atoms with Crippen molar-refractivity contribution < 1.29 is 9.90 Å². The van der Waals surface area contributed by atoms with Gasteiger partial charge in [0.25, 0.3) is 0 Å². The van der Waals surface area contributed by atoms with Gasteiger partial charge in [0.1, 0.15) is 0 Å². The molecule has 1 saturated heterocycles. The van der Waals surface area contributed by atoms with E-state index in [9.17, 15) is 4.79 Å². The Morgan fingerprint density at radius 2 is 1.81 bits per heavy atom. The predicted molar refractivity (Wildman–Crippen MR) is 64.6 cm³/mol. The van der Waals surface area contributed by atoms with Gasteiger partial charge in [0.15, 0.2) is 0 Å². The van der Waals surface area contributed by atoms with Gasteiger partial charge in [0.2, 0.25) is 0 Å². The molecule has 2 atom stereocenters. The largest absolute Gasteiger partial charge is 0.480 e. The first-order valence-corrected chi connectivity index (χ1v) is 6.22. The Kier molecular flexibility index (Phi) is 5.22. The zero-order valence-electron chi connectivity index (χ0n) is 10.6. The van der Waals surface area contributed by atoms with Crippen molar-refractivity contribution in [1.82, 2.24) is 9.80 Å². The molecule has 4 nitrogen and oxygen atoms in total. The van der Waals surface area contributed by atoms with Gasteiger partial charge in [0, 0.05) is 32.2 Å². The van der Waals surface area contributed by atoms with Crippen molar-refractivity contribution >= 4 is 5.97 Å². The van der Waals surface area contributed by atoms with Gasteiger partial charge in [-0.05, 0) is 12.8 Å². The van der Waals surface area contributed by atoms with Crippen LogP contribution in [-0.2, 0) is 4.79 Å². The fraction of sp³-hybridized carbons (Fsp3) is 0.917. The monoisotopic (exact) mass is 228 g/mol. The molecule has 0 aliphatic carbocycles. The molecule has 1 N–H and O–H groups in total. The molecule has 2 unspecified atom stereocenters. The molecule has 0 bridgehead atoms. The molecule has 0 aromatic heterocycles. The molecule has 1 aliphatic heterocycles. The summed E-state index contributed by atoms with van der Waals surface area (Å²) in [6, 6.07) is 0.608. The van der Waals surface area contributed by atoms with Crippen LogP contribution in [0.1, 0.15) is 27.2 Å². The number of hydrogen-bond donors (Lipinski definition) is 1. The highest BCUT2D eigenvalue weighted by molar-refractivity contribution is 5.69. The second kappa shape index (κ2) is 6.21. The van der Waals surface area contributed by atoms with Crippen LogP contribution in [0.3, 0.4) is 0 Å². The summed E-state index contributed by atoms with van der Waals surface area (Å²) in [5, 5.41) is 8.71. The third-order valence-electron chi connectivity index (χ3n) is 3.81. The van der Waals surface area contributed by atoms with Gasteiger partial charge in [-0.1, -0.05) is 20.3 Å². The summed E-state index contributed by atoms with van der Waals surface area (Å²) in [5.74, 6) is -0.00514. The number of nitrogens with zero attached hydrogens (tertiary/aromatic N) is 2. The fourth-order valence-corrected chi connectivity index (χ4v) is 2.22. The Labute approximate surface area is 98.2 Å². The van der Waals surface area contributed by atoms with Crippen molar-refractivity contribution in [3.8, 4) is 0 Å². The zero-order chi connectivity index (χ0) is 12.1. The molecule has 1 aliphatic rings. The first-order valence-electron chi connectivity index (χ1n) is 6.22. The van der Waals surface area contributed by atoms with E-state index in [0.717, 1.165) is 26.2 Å². The second-order valence-electron chi connectivity index (χ2n) is 4.83. The van der Waals surface area contributed by atoms with Gasteiger partial charge in [-0.3, -0.25) is 14.6 Å². The Bertz CT molecular complexity index is 225. The molecule has 0 amide bonds. The van der Waals surface area contributed by atoms with Crippen LogP contribution in [0.15, 0.2) is 0 Å². The summed E-state index contributed by atoms with van der Waals surface area (Å²) in [6.45, 7) is 10.7. The van der Waals surface area contributed by atoms with Crippen LogP contribution in [0.2, 0.25) is 0 Å². The maximum absolute atomic E-state index is 10.6. The van der Waals surface area contributed by atoms with Gasteiger partial charge in [0.05, 0.1) is 6.54 Å². The van der Waals surface area contributed by atoms with Crippen LogP contribution in [0.5, 0.6) is 0 Å². The average molecular weight is 228 g/mol. The molecule has 0 radical (unpaired) electrons. The molecule has 94 valence electrons. The van der Waals surface area contributed by atoms with Crippen LogP contribution >= 0.6 is 0 Å². The Morgan fingerprint density at radius 1 is 1.25 bits per heavy atom. The zero-order valence-corrected chi connectivity index (χ0v) is 10.6. The molecule has 1 rings (SSSR count). The maximum atomic E-state index is 10.6. The van der Waals surface area contributed by atoms with E-state index >= 15 is 0 Å². The Balaban J connectivity index is 2.34. The molecule has 0 aromatic carbocycles. The number of carboxylic acid groups (broad SMARTS) is 1. The third-order valence-corrected chi connectivity index (χ3v) is 3.81. The lowest BCUT2D eigenvalue weighted by Gasteiger charge is -2.39. The quantitative estimate of drug-likeness (QED) is 0.766. The summed E-state index contributed by atoms with van der Waals surface area (Å²) in [5.41, 5.74) is 0. The van der Waals surface area contributed by atoms with Crippen molar-refractivity contribution in [2.75, 3.05) is 32.7 Å². The van der Waals surface area contributed by atoms with E-state index < -0.39 is 5.97 Å². The Hall–Kier alpha value is -0.610. The number of hydrogen-bond acceptors (Lipinski definition) is 3. The van der Waals surface area contributed by atoms with E-state index in [4.69, 9.17) is 5.11 Å². The van der Waals surface area contributed by atoms with E-state index in [2.05, 4.69) is 25.7 Å². The minimum atomic E-state index is -0.719. The number of aliphatic carboxylic acids is 1. The molecule has 0 spiro atoms. The number of carboxylic acids is 1. The molecule has 0 aromatic rings. The second-order valence-corrected chi connectivity index (χ2v) is 4.83. The highest BCUT2D eigenvalue weighted by atomic mass is 16.4. The lowest BCUT2D eigenvalue weighted by Crippen LogP contribution is -2.52. The number of carbonyl (C=O) groups is 1. The lowest BCUT2D eigenvalue weighted by molar-refractivity contribution is -0.138. The number of rotatable bonds is 5. The van der Waals surface area contributed by atoms with Crippen molar-refractivity contribution in [1.29, 1.82) is 0 Å². The smallest absolute Gasteiger partial charge is 0.317 e. The van der Waals surface area contributed by atoms with Crippen LogP contribution in [0.4, 0.5) is 0 Å². The summed E-state index contributed by atoms with van der Waals surface area (Å²) < 4.78 is 0. The highest BCUT2D eigenvalue weighted by Crippen LogP contribution is 2.15. The fourth-order valence-electron chi connectivity index (χ4n) is 2.22. The van der Waals surface area contributed by atoms with Crippen molar-refractivity contribution in [3.63, 3.8) is 0 Å². The molecular formula is C12H24N2O2. The summed E-state index contributed by atoms with van der Waals surface area (Å²) in [6.07, 6.45) is 1.20. The van der Waals surface area contributed by atoms with Crippen molar-refractivity contribution in [2.45, 2.75) is 33.2 Å². The number of piperazine rings is 1. The van der Waals surface area contributed by atoms with Crippen LogP contribution in [-0.4, -0.2) is 59.6 Å². The van der Waals surface area contributed by atoms with E-state index in [1.54, 1.807) is 0 Å². The summed E-state index contributed by atoms with van der Waals surface area (Å²) >= 11 is 0. The van der Waals surface area contributed by atoms with Crippen LogP contribution < -0.4 is 0 Å². The third kappa shape index (κ3) is 3.76. The summed E-state index contributed by atoms with van der Waals surface area (Å²) in [4.78, 5) is 15.1. The van der Waals surface area contributed by atoms with E-state index in [1.807, 2.05) is 4.90 Å². The molecule has 0 saturated carbocycles. The van der Waals surface area contributed by atoms with Crippen molar-refractivity contribution in [2.24, 2.45) is 5.92 Å². The van der Waals surface area contributed by atoms with Gasteiger partial charge in [-0.25, -0.2) is 0 Å². The predicted octanol–water partition coefficient (Wildman–Crippen LogP) is 1.12.